The molecule has 8 N–H and O–H groups in total. The van der Waals surface area contributed by atoms with Crippen LogP contribution in [0.4, 0.5) is 0 Å². The van der Waals surface area contributed by atoms with E-state index in [9.17, 15) is 24.0 Å². The smallest absolute Gasteiger partial charge is 0.300 e. The Balaban J connectivity index is 0.00000193. The number of carbonyl (C=O) groups is 6. The summed E-state index contributed by atoms with van der Waals surface area (Å²) in [5.74, 6) is -2.28. The zero-order chi connectivity index (χ0) is 40.5. The van der Waals surface area contributed by atoms with Crippen molar-refractivity contribution in [3.8, 4) is 0 Å². The summed E-state index contributed by atoms with van der Waals surface area (Å²) in [5, 5.41) is 16.2. The average molecular weight is 764 g/mol. The minimum atomic E-state index is -0.989. The maximum absolute atomic E-state index is 14.0. The van der Waals surface area contributed by atoms with Crippen molar-refractivity contribution >= 4 is 35.5 Å². The number of benzene rings is 2. The first kappa shape index (κ1) is 44.6. The zero-order valence-corrected chi connectivity index (χ0v) is 32.8. The van der Waals surface area contributed by atoms with Crippen LogP contribution in [0.3, 0.4) is 0 Å². The fraction of sp³-hybridized carbons (Fsp3) is 0.561. The molecule has 4 atom stereocenters. The molecule has 2 aliphatic rings. The number of hydrogen-bond acceptors (Lipinski definition) is 8. The van der Waals surface area contributed by atoms with Crippen LogP contribution in [0.25, 0.3) is 0 Å². The van der Waals surface area contributed by atoms with Crippen LogP contribution in [0.15, 0.2) is 60.7 Å². The molecule has 0 saturated carbocycles. The summed E-state index contributed by atoms with van der Waals surface area (Å²) in [6.07, 6.45) is 4.25. The quantitative estimate of drug-likeness (QED) is 0.130. The fourth-order valence-corrected chi connectivity index (χ4v) is 7.02. The molecule has 2 aromatic carbocycles. The second kappa shape index (κ2) is 21.9. The molecule has 2 saturated heterocycles. The molecular weight excluding hydrogens is 702 g/mol. The molecule has 0 aromatic heterocycles. The van der Waals surface area contributed by atoms with Gasteiger partial charge in [-0.1, -0.05) is 74.5 Å². The van der Waals surface area contributed by atoms with E-state index >= 15 is 0 Å². The van der Waals surface area contributed by atoms with Crippen molar-refractivity contribution in [3.05, 3.63) is 71.8 Å². The molecule has 2 heterocycles. The van der Waals surface area contributed by atoms with E-state index in [1.54, 1.807) is 6.92 Å². The van der Waals surface area contributed by atoms with Crippen LogP contribution in [0, 0.1) is 11.3 Å². The van der Waals surface area contributed by atoms with E-state index in [0.29, 0.717) is 51.7 Å². The Hall–Kier alpha value is -4.82. The van der Waals surface area contributed by atoms with E-state index in [2.05, 4.69) is 16.0 Å². The molecule has 14 nitrogen and oxygen atoms in total. The Morgan fingerprint density at radius 2 is 1.22 bits per heavy atom. The summed E-state index contributed by atoms with van der Waals surface area (Å²) < 4.78 is 0. The van der Waals surface area contributed by atoms with Crippen LogP contribution in [-0.4, -0.2) is 107 Å². The molecule has 2 aromatic rings. The molecule has 5 amide bonds. The summed E-state index contributed by atoms with van der Waals surface area (Å²) >= 11 is 0. The maximum Gasteiger partial charge on any atom is 0.300 e. The summed E-state index contributed by atoms with van der Waals surface area (Å²) in [6, 6.07) is 15.2. The molecule has 4 rings (SSSR count). The summed E-state index contributed by atoms with van der Waals surface area (Å²) in [4.78, 5) is 79.5. The Kier molecular flexibility index (Phi) is 17.8. The van der Waals surface area contributed by atoms with Crippen LogP contribution in [0.5, 0.6) is 0 Å². The third-order valence-electron chi connectivity index (χ3n) is 10.1. The van der Waals surface area contributed by atoms with Crippen molar-refractivity contribution < 1.29 is 33.9 Å². The number of nitrogens with zero attached hydrogens (tertiary/aromatic N) is 2. The highest BCUT2D eigenvalue weighted by atomic mass is 16.4. The second-order valence-electron chi connectivity index (χ2n) is 15.3. The topological polar surface area (TPSA) is 217 Å². The molecule has 14 heteroatoms. The average Bonchev–Trinajstić information content (AvgIpc) is 3.13. The van der Waals surface area contributed by atoms with Crippen molar-refractivity contribution in [3.63, 3.8) is 0 Å². The number of carboxylic acid groups (broad SMARTS) is 1. The minimum Gasteiger partial charge on any atom is -0.481 e. The number of hydrogen-bond donors (Lipinski definition) is 6. The van der Waals surface area contributed by atoms with Gasteiger partial charge >= 0.3 is 0 Å². The lowest BCUT2D eigenvalue weighted by Gasteiger charge is -2.54. The van der Waals surface area contributed by atoms with E-state index < -0.39 is 47.9 Å². The number of carboxylic acids is 1. The SMILES string of the molecule is CC(=O)N1CC2(CCN(C(=O)[C@@H](CCCCN)NC(=O)[C@@H](CC(C)C)NC(=O)[C@@H](Cc3ccccc3)NC(=O)[C@H](N)Cc3ccccc3)CC2)C1.CC(=O)O. The Morgan fingerprint density at radius 1 is 0.727 bits per heavy atom. The molecular formula is C41H61N7O7. The minimum absolute atomic E-state index is 0.0456. The second-order valence-corrected chi connectivity index (χ2v) is 15.3. The molecule has 0 bridgehead atoms. The standard InChI is InChI=1S/C39H57N7O5.C2H4O2/c1-27(2)22-33(36(49)42-32(16-10-11-19-40)38(51)45-20-17-39(18-21-45)25-46(26-39)28(3)47)44-37(50)34(24-30-14-8-5-9-15-30)43-35(48)31(41)23-29-12-6-4-7-13-29;1-2(3)4/h4-9,12-15,27,31-34H,10-11,16-26,40-41H2,1-3H3,(H,42,49)(H,43,48)(H,44,50);1H3,(H,3,4)/t31-,32-,33-,34-;/m1./s1. The highest BCUT2D eigenvalue weighted by Crippen LogP contribution is 2.40. The van der Waals surface area contributed by atoms with E-state index in [-0.39, 0.29) is 29.6 Å². The van der Waals surface area contributed by atoms with Crippen molar-refractivity contribution in [1.82, 2.24) is 25.8 Å². The maximum atomic E-state index is 14.0. The van der Waals surface area contributed by atoms with E-state index in [1.165, 1.54) is 0 Å². The van der Waals surface area contributed by atoms with Gasteiger partial charge in [-0.2, -0.15) is 0 Å². The number of piperidine rings is 1. The number of carbonyl (C=O) groups excluding carboxylic acids is 5. The number of aliphatic carboxylic acids is 1. The first-order valence-electron chi connectivity index (χ1n) is 19.3. The van der Waals surface area contributed by atoms with Gasteiger partial charge in [-0.3, -0.25) is 28.8 Å². The van der Waals surface area contributed by atoms with E-state index in [4.69, 9.17) is 21.4 Å². The van der Waals surface area contributed by atoms with E-state index in [1.807, 2.05) is 84.3 Å². The molecule has 0 aliphatic carbocycles. The normalized spacial score (nSPS) is 16.7. The number of nitrogens with two attached hydrogens (primary N) is 2. The number of nitrogens with one attached hydrogen (secondary N) is 3. The Morgan fingerprint density at radius 3 is 1.73 bits per heavy atom. The number of amides is 5. The number of rotatable bonds is 17. The Bertz CT molecular complexity index is 1550. The largest absolute Gasteiger partial charge is 0.481 e. The predicted octanol–water partition coefficient (Wildman–Crippen LogP) is 1.99. The first-order chi connectivity index (χ1) is 26.1. The van der Waals surface area contributed by atoms with Crippen LogP contribution < -0.4 is 27.4 Å². The van der Waals surface area contributed by atoms with Gasteiger partial charge < -0.3 is 42.3 Å². The van der Waals surface area contributed by atoms with Gasteiger partial charge in [0.1, 0.15) is 18.1 Å². The van der Waals surface area contributed by atoms with Gasteiger partial charge in [0.15, 0.2) is 0 Å². The highest BCUT2D eigenvalue weighted by Gasteiger charge is 2.47. The molecule has 0 radical (unpaired) electrons. The van der Waals surface area contributed by atoms with Gasteiger partial charge in [-0.05, 0) is 68.5 Å². The fourth-order valence-electron chi connectivity index (χ4n) is 7.02. The number of unbranched alkanes of at least 4 members (excludes halogenated alkanes) is 1. The molecule has 2 fully saturated rings. The monoisotopic (exact) mass is 763 g/mol. The third kappa shape index (κ3) is 14.7. The van der Waals surface area contributed by atoms with Crippen LogP contribution in [0.1, 0.15) is 77.3 Å². The molecule has 302 valence electrons. The van der Waals surface area contributed by atoms with Gasteiger partial charge in [-0.15, -0.1) is 0 Å². The van der Waals surface area contributed by atoms with Crippen molar-refractivity contribution in [2.45, 2.75) is 103 Å². The zero-order valence-electron chi connectivity index (χ0n) is 32.8. The predicted molar refractivity (Wildman–Crippen MR) is 210 cm³/mol. The molecule has 0 unspecified atom stereocenters. The number of likely N-dealkylation sites (tertiary alicyclic amines) is 2. The van der Waals surface area contributed by atoms with Crippen LogP contribution in [-0.2, 0) is 41.6 Å². The van der Waals surface area contributed by atoms with Crippen LogP contribution in [0.2, 0.25) is 0 Å². The summed E-state index contributed by atoms with van der Waals surface area (Å²) in [5.41, 5.74) is 13.8. The summed E-state index contributed by atoms with van der Waals surface area (Å²) in [7, 11) is 0. The van der Waals surface area contributed by atoms with Crippen molar-refractivity contribution in [1.29, 1.82) is 0 Å². The summed E-state index contributed by atoms with van der Waals surface area (Å²) in [6.45, 7) is 9.63. The van der Waals surface area contributed by atoms with E-state index in [0.717, 1.165) is 44.0 Å². The van der Waals surface area contributed by atoms with Crippen molar-refractivity contribution in [2.24, 2.45) is 22.8 Å². The van der Waals surface area contributed by atoms with Gasteiger partial charge in [0.05, 0.1) is 6.04 Å². The Labute approximate surface area is 325 Å². The highest BCUT2D eigenvalue weighted by molar-refractivity contribution is 5.95. The van der Waals surface area contributed by atoms with Gasteiger partial charge in [-0.25, -0.2) is 0 Å². The molecule has 1 spiro atoms. The lowest BCUT2D eigenvalue weighted by atomic mass is 9.72. The van der Waals surface area contributed by atoms with Gasteiger partial charge in [0.2, 0.25) is 29.5 Å². The lowest BCUT2D eigenvalue weighted by Crippen LogP contribution is -2.63. The first-order valence-corrected chi connectivity index (χ1v) is 19.3. The molecule has 55 heavy (non-hydrogen) atoms. The van der Waals surface area contributed by atoms with Crippen LogP contribution >= 0.6 is 0 Å². The third-order valence-corrected chi connectivity index (χ3v) is 10.1. The lowest BCUT2D eigenvalue weighted by molar-refractivity contribution is -0.149. The van der Waals surface area contributed by atoms with Crippen molar-refractivity contribution in [2.75, 3.05) is 32.7 Å². The van der Waals surface area contributed by atoms with Gasteiger partial charge in [0, 0.05) is 51.9 Å². The van der Waals surface area contributed by atoms with Gasteiger partial charge in [0.25, 0.3) is 5.97 Å². The molecule has 2 aliphatic heterocycles.